The lowest BCUT2D eigenvalue weighted by atomic mass is 9.77. The van der Waals surface area contributed by atoms with Crippen molar-refractivity contribution in [3.05, 3.63) is 24.2 Å². The summed E-state index contributed by atoms with van der Waals surface area (Å²) in [7, 11) is 0. The van der Waals surface area contributed by atoms with Crippen molar-refractivity contribution in [3.8, 4) is 0 Å². The molecule has 0 aliphatic carbocycles. The average Bonchev–Trinajstić information content (AvgIpc) is 2.85. The van der Waals surface area contributed by atoms with Gasteiger partial charge < -0.3 is 14.5 Å². The molecule has 2 rings (SSSR count). The van der Waals surface area contributed by atoms with Gasteiger partial charge in [0.25, 0.3) is 0 Å². The summed E-state index contributed by atoms with van der Waals surface area (Å²) in [6.45, 7) is 13.1. The molecule has 0 bridgehead atoms. The molecule has 1 aromatic heterocycles. The van der Waals surface area contributed by atoms with Gasteiger partial charge in [-0.25, -0.2) is 0 Å². The Balaban J connectivity index is 1.85. The molecule has 1 aliphatic rings. The fourth-order valence-corrected chi connectivity index (χ4v) is 3.33. The molecule has 1 saturated heterocycles. The zero-order valence-electron chi connectivity index (χ0n) is 14.2. The minimum absolute atomic E-state index is 0.0142. The van der Waals surface area contributed by atoms with Crippen molar-refractivity contribution in [2.45, 2.75) is 71.4 Å². The third-order valence-corrected chi connectivity index (χ3v) is 4.50. The maximum Gasteiger partial charge on any atom is 0.107 e. The number of ether oxygens (including phenoxy) is 1. The third kappa shape index (κ3) is 4.86. The van der Waals surface area contributed by atoms with Gasteiger partial charge in [0, 0.05) is 18.6 Å². The SMILES string of the molecule is CC1(C)CC(NCCC(c2ccco2)C(C)(C)C)CCO1. The van der Waals surface area contributed by atoms with Crippen molar-refractivity contribution in [1.82, 2.24) is 5.32 Å². The minimum Gasteiger partial charge on any atom is -0.469 e. The molecule has 1 aromatic rings. The Kier molecular flexibility index (Phi) is 5.15. The Labute approximate surface area is 129 Å². The summed E-state index contributed by atoms with van der Waals surface area (Å²) in [5.74, 6) is 1.56. The van der Waals surface area contributed by atoms with Gasteiger partial charge >= 0.3 is 0 Å². The molecule has 0 radical (unpaired) electrons. The molecule has 0 aromatic carbocycles. The van der Waals surface area contributed by atoms with E-state index < -0.39 is 0 Å². The van der Waals surface area contributed by atoms with Crippen molar-refractivity contribution in [1.29, 1.82) is 0 Å². The lowest BCUT2D eigenvalue weighted by Gasteiger charge is -2.36. The summed E-state index contributed by atoms with van der Waals surface area (Å²) in [4.78, 5) is 0. The first-order valence-corrected chi connectivity index (χ1v) is 8.19. The first-order chi connectivity index (χ1) is 9.78. The van der Waals surface area contributed by atoms with Crippen LogP contribution in [0, 0.1) is 5.41 Å². The van der Waals surface area contributed by atoms with E-state index in [1.54, 1.807) is 6.26 Å². The van der Waals surface area contributed by atoms with Gasteiger partial charge in [-0.05, 0) is 57.2 Å². The van der Waals surface area contributed by atoms with Gasteiger partial charge in [0.2, 0.25) is 0 Å². The summed E-state index contributed by atoms with van der Waals surface area (Å²) >= 11 is 0. The predicted molar refractivity (Wildman–Crippen MR) is 86.6 cm³/mol. The molecule has 2 unspecified atom stereocenters. The zero-order chi connectivity index (χ0) is 15.5. The van der Waals surface area contributed by atoms with Crippen molar-refractivity contribution < 1.29 is 9.15 Å². The number of rotatable bonds is 5. The van der Waals surface area contributed by atoms with Crippen LogP contribution < -0.4 is 5.32 Å². The van der Waals surface area contributed by atoms with Crippen LogP contribution in [0.5, 0.6) is 0 Å². The molecule has 3 nitrogen and oxygen atoms in total. The highest BCUT2D eigenvalue weighted by Gasteiger charge is 2.30. The van der Waals surface area contributed by atoms with Crippen LogP contribution >= 0.6 is 0 Å². The molecule has 1 fully saturated rings. The predicted octanol–water partition coefficient (Wildman–Crippen LogP) is 4.35. The second kappa shape index (κ2) is 6.53. The van der Waals surface area contributed by atoms with E-state index >= 15 is 0 Å². The maximum absolute atomic E-state index is 5.78. The Morgan fingerprint density at radius 3 is 2.71 bits per heavy atom. The lowest BCUT2D eigenvalue weighted by molar-refractivity contribution is -0.0629. The number of nitrogens with one attached hydrogen (secondary N) is 1. The van der Waals surface area contributed by atoms with Crippen LogP contribution in [0.3, 0.4) is 0 Å². The quantitative estimate of drug-likeness (QED) is 0.876. The summed E-state index contributed by atoms with van der Waals surface area (Å²) in [6.07, 6.45) is 5.09. The van der Waals surface area contributed by atoms with Crippen molar-refractivity contribution in [2.75, 3.05) is 13.2 Å². The summed E-state index contributed by atoms with van der Waals surface area (Å²) in [5, 5.41) is 3.72. The van der Waals surface area contributed by atoms with Gasteiger partial charge in [0.15, 0.2) is 0 Å². The van der Waals surface area contributed by atoms with Gasteiger partial charge in [0.1, 0.15) is 5.76 Å². The van der Waals surface area contributed by atoms with Gasteiger partial charge in [-0.15, -0.1) is 0 Å². The lowest BCUT2D eigenvalue weighted by Crippen LogP contribution is -2.44. The molecule has 2 atom stereocenters. The highest BCUT2D eigenvalue weighted by atomic mass is 16.5. The summed E-state index contributed by atoms with van der Waals surface area (Å²) in [5.41, 5.74) is 0.231. The molecule has 3 heteroatoms. The topological polar surface area (TPSA) is 34.4 Å². The Bertz CT molecular complexity index is 417. The molecule has 1 aliphatic heterocycles. The fraction of sp³-hybridized carbons (Fsp3) is 0.778. The van der Waals surface area contributed by atoms with Crippen LogP contribution in [-0.2, 0) is 4.74 Å². The van der Waals surface area contributed by atoms with Crippen LogP contribution in [0.1, 0.15) is 65.6 Å². The van der Waals surface area contributed by atoms with E-state index in [4.69, 9.17) is 9.15 Å². The molecule has 0 saturated carbocycles. The largest absolute Gasteiger partial charge is 0.469 e. The first-order valence-electron chi connectivity index (χ1n) is 8.19. The van der Waals surface area contributed by atoms with Gasteiger partial charge in [-0.2, -0.15) is 0 Å². The van der Waals surface area contributed by atoms with E-state index in [1.165, 1.54) is 0 Å². The second-order valence-corrected chi connectivity index (χ2v) is 7.97. The van der Waals surface area contributed by atoms with E-state index in [0.29, 0.717) is 12.0 Å². The first kappa shape index (κ1) is 16.6. The Morgan fingerprint density at radius 2 is 2.14 bits per heavy atom. The van der Waals surface area contributed by atoms with E-state index in [0.717, 1.165) is 38.2 Å². The summed E-state index contributed by atoms with van der Waals surface area (Å²) < 4.78 is 11.4. The van der Waals surface area contributed by atoms with Gasteiger partial charge in [-0.3, -0.25) is 0 Å². The van der Waals surface area contributed by atoms with Crippen LogP contribution in [-0.4, -0.2) is 24.8 Å². The Hall–Kier alpha value is -0.800. The third-order valence-electron chi connectivity index (χ3n) is 4.50. The normalized spacial score (nSPS) is 24.0. The molecular formula is C18H31NO2. The van der Waals surface area contributed by atoms with Gasteiger partial charge in [-0.1, -0.05) is 20.8 Å². The van der Waals surface area contributed by atoms with Crippen molar-refractivity contribution in [2.24, 2.45) is 5.41 Å². The van der Waals surface area contributed by atoms with E-state index in [9.17, 15) is 0 Å². The molecular weight excluding hydrogens is 262 g/mol. The Morgan fingerprint density at radius 1 is 1.38 bits per heavy atom. The van der Waals surface area contributed by atoms with Crippen LogP contribution in [0.4, 0.5) is 0 Å². The average molecular weight is 293 g/mol. The van der Waals surface area contributed by atoms with Gasteiger partial charge in [0.05, 0.1) is 11.9 Å². The molecule has 1 N–H and O–H groups in total. The van der Waals surface area contributed by atoms with Crippen molar-refractivity contribution in [3.63, 3.8) is 0 Å². The minimum atomic E-state index is 0.0142. The van der Waals surface area contributed by atoms with Crippen LogP contribution in [0.2, 0.25) is 0 Å². The molecule has 2 heterocycles. The highest BCUT2D eigenvalue weighted by Crippen LogP contribution is 2.37. The molecule has 21 heavy (non-hydrogen) atoms. The summed E-state index contributed by atoms with van der Waals surface area (Å²) in [6, 6.07) is 4.67. The standard InChI is InChI=1S/C18H31NO2/c1-17(2,3)15(16-7-6-11-20-16)8-10-19-14-9-12-21-18(4,5)13-14/h6-7,11,14-15,19H,8-10,12-13H2,1-5H3. The maximum atomic E-state index is 5.78. The highest BCUT2D eigenvalue weighted by molar-refractivity contribution is 5.08. The number of hydrogen-bond acceptors (Lipinski definition) is 3. The molecule has 0 amide bonds. The number of furan rings is 1. The zero-order valence-corrected chi connectivity index (χ0v) is 14.2. The molecule has 0 spiro atoms. The number of hydrogen-bond donors (Lipinski definition) is 1. The smallest absolute Gasteiger partial charge is 0.107 e. The second-order valence-electron chi connectivity index (χ2n) is 7.97. The van der Waals surface area contributed by atoms with E-state index in [2.05, 4.69) is 46.0 Å². The van der Waals surface area contributed by atoms with E-state index in [1.807, 2.05) is 6.07 Å². The van der Waals surface area contributed by atoms with E-state index in [-0.39, 0.29) is 11.0 Å². The van der Waals surface area contributed by atoms with Crippen LogP contribution in [0.15, 0.2) is 22.8 Å². The monoisotopic (exact) mass is 293 g/mol. The molecule has 120 valence electrons. The van der Waals surface area contributed by atoms with Crippen LogP contribution in [0.25, 0.3) is 0 Å². The van der Waals surface area contributed by atoms with Crippen molar-refractivity contribution >= 4 is 0 Å². The fourth-order valence-electron chi connectivity index (χ4n) is 3.33.